The molecule has 0 saturated heterocycles. The summed E-state index contributed by atoms with van der Waals surface area (Å²) in [5.74, 6) is -0.896. The van der Waals surface area contributed by atoms with E-state index in [0.29, 0.717) is 6.54 Å². The fourth-order valence-corrected chi connectivity index (χ4v) is 5.91. The van der Waals surface area contributed by atoms with Gasteiger partial charge in [-0.05, 0) is 36.6 Å². The minimum absolute atomic E-state index is 0.0134. The molecule has 1 N–H and O–H groups in total. The fourth-order valence-electron chi connectivity index (χ4n) is 4.37. The van der Waals surface area contributed by atoms with E-state index < -0.39 is 28.5 Å². The second kappa shape index (κ2) is 14.9. The van der Waals surface area contributed by atoms with Crippen LogP contribution >= 0.6 is 34.8 Å². The van der Waals surface area contributed by atoms with Crippen molar-refractivity contribution >= 4 is 62.3 Å². The molecule has 3 rings (SSSR count). The Morgan fingerprint density at radius 2 is 1.56 bits per heavy atom. The molecular weight excluding hydrogens is 605 g/mol. The van der Waals surface area contributed by atoms with E-state index in [2.05, 4.69) is 5.32 Å². The summed E-state index contributed by atoms with van der Waals surface area (Å²) in [5, 5.41) is 3.20. The van der Waals surface area contributed by atoms with E-state index in [4.69, 9.17) is 34.8 Å². The maximum atomic E-state index is 14.1. The van der Waals surface area contributed by atoms with E-state index in [-0.39, 0.29) is 39.6 Å². The minimum Gasteiger partial charge on any atom is -0.354 e. The Balaban J connectivity index is 2.07. The summed E-state index contributed by atoms with van der Waals surface area (Å²) in [7, 11) is -4.00. The highest BCUT2D eigenvalue weighted by Crippen LogP contribution is 2.35. The van der Waals surface area contributed by atoms with Gasteiger partial charge >= 0.3 is 0 Å². The first-order chi connectivity index (χ1) is 19.4. The fraction of sp³-hybridized carbons (Fsp3) is 0.333. The molecule has 2 amide bonds. The van der Waals surface area contributed by atoms with Crippen molar-refractivity contribution in [2.45, 2.75) is 45.7 Å². The van der Waals surface area contributed by atoms with Gasteiger partial charge in [0.25, 0.3) is 0 Å². The van der Waals surface area contributed by atoms with E-state index in [1.807, 2.05) is 68.4 Å². The molecule has 0 saturated carbocycles. The predicted octanol–water partition coefficient (Wildman–Crippen LogP) is 6.28. The zero-order valence-corrected chi connectivity index (χ0v) is 26.3. The molecule has 0 aliphatic heterocycles. The van der Waals surface area contributed by atoms with Crippen LogP contribution in [0.2, 0.25) is 15.1 Å². The second-order valence-corrected chi connectivity index (χ2v) is 13.0. The number of rotatable bonds is 13. The molecule has 3 aromatic carbocycles. The Morgan fingerprint density at radius 1 is 0.902 bits per heavy atom. The monoisotopic (exact) mass is 637 g/mol. The molecule has 0 fully saturated rings. The van der Waals surface area contributed by atoms with Crippen LogP contribution in [0.5, 0.6) is 0 Å². The Labute approximate surface area is 257 Å². The largest absolute Gasteiger partial charge is 0.354 e. The van der Waals surface area contributed by atoms with E-state index in [9.17, 15) is 18.0 Å². The molecule has 0 spiro atoms. The van der Waals surface area contributed by atoms with Crippen molar-refractivity contribution in [1.29, 1.82) is 0 Å². The molecule has 0 aromatic heterocycles. The van der Waals surface area contributed by atoms with Crippen molar-refractivity contribution in [1.82, 2.24) is 10.2 Å². The maximum Gasteiger partial charge on any atom is 0.244 e. The lowest BCUT2D eigenvalue weighted by Crippen LogP contribution is -2.53. The third-order valence-electron chi connectivity index (χ3n) is 6.47. The van der Waals surface area contributed by atoms with E-state index in [0.717, 1.165) is 40.1 Å². The Kier molecular flexibility index (Phi) is 11.9. The van der Waals surface area contributed by atoms with Crippen LogP contribution in [0, 0.1) is 6.92 Å². The number of amides is 2. The van der Waals surface area contributed by atoms with Crippen LogP contribution in [0.1, 0.15) is 36.5 Å². The number of sulfonamides is 1. The number of hydrogen-bond donors (Lipinski definition) is 1. The second-order valence-electron chi connectivity index (χ2n) is 9.85. The first-order valence-electron chi connectivity index (χ1n) is 13.2. The van der Waals surface area contributed by atoms with Crippen molar-refractivity contribution in [2.24, 2.45) is 0 Å². The number of halogens is 3. The highest BCUT2D eigenvalue weighted by Gasteiger charge is 2.33. The first kappa shape index (κ1) is 32.7. The lowest BCUT2D eigenvalue weighted by Gasteiger charge is -2.33. The van der Waals surface area contributed by atoms with Gasteiger partial charge in [0.2, 0.25) is 21.8 Å². The smallest absolute Gasteiger partial charge is 0.244 e. The summed E-state index contributed by atoms with van der Waals surface area (Å²) in [5.41, 5.74) is 2.66. The number of carbonyl (C=O) groups is 2. The zero-order chi connectivity index (χ0) is 30.2. The lowest BCUT2D eigenvalue weighted by molar-refractivity contribution is -0.140. The minimum atomic E-state index is -4.00. The average molecular weight is 639 g/mol. The van der Waals surface area contributed by atoms with Gasteiger partial charge in [-0.1, -0.05) is 108 Å². The summed E-state index contributed by atoms with van der Waals surface area (Å²) in [4.78, 5) is 29.2. The first-order valence-corrected chi connectivity index (χ1v) is 16.2. The third kappa shape index (κ3) is 9.36. The van der Waals surface area contributed by atoms with Crippen molar-refractivity contribution in [3.63, 3.8) is 0 Å². The Morgan fingerprint density at radius 3 is 2.20 bits per heavy atom. The normalized spacial score (nSPS) is 12.0. The summed E-state index contributed by atoms with van der Waals surface area (Å²) in [6, 6.07) is 18.7. The molecule has 41 heavy (non-hydrogen) atoms. The van der Waals surface area contributed by atoms with Gasteiger partial charge in [-0.15, -0.1) is 0 Å². The van der Waals surface area contributed by atoms with Gasteiger partial charge in [0.1, 0.15) is 12.6 Å². The summed E-state index contributed by atoms with van der Waals surface area (Å²) >= 11 is 18.6. The van der Waals surface area contributed by atoms with Crippen LogP contribution < -0.4 is 9.62 Å². The van der Waals surface area contributed by atoms with Gasteiger partial charge in [-0.25, -0.2) is 8.42 Å². The van der Waals surface area contributed by atoms with Crippen LogP contribution in [0.25, 0.3) is 0 Å². The quantitative estimate of drug-likeness (QED) is 0.176. The van der Waals surface area contributed by atoms with Crippen molar-refractivity contribution in [3.8, 4) is 0 Å². The van der Waals surface area contributed by atoms with Gasteiger partial charge in [-0.2, -0.15) is 0 Å². The molecule has 0 aliphatic carbocycles. The van der Waals surface area contributed by atoms with Gasteiger partial charge in [0.05, 0.1) is 27.0 Å². The number of anilines is 1. The van der Waals surface area contributed by atoms with Gasteiger partial charge < -0.3 is 10.2 Å². The van der Waals surface area contributed by atoms with Crippen LogP contribution in [0.3, 0.4) is 0 Å². The van der Waals surface area contributed by atoms with Crippen molar-refractivity contribution in [2.75, 3.05) is 23.7 Å². The Hall–Kier alpha value is -2.78. The standard InChI is InChI=1S/C30H34Cl3N3O4S/c1-4-5-14-34-30(38)28(16-22-11-7-6-8-12-22)35(19-23-13-9-10-21(2)15-23)29(37)20-36(41(3,39)40)27-18-25(32)24(31)17-26(27)33/h6-13,15,17-18,28H,4-5,14,16,19-20H2,1-3H3,(H,34,38)/t28-/m0/s1. The average Bonchev–Trinajstić information content (AvgIpc) is 2.91. The predicted molar refractivity (Wildman–Crippen MR) is 167 cm³/mol. The van der Waals surface area contributed by atoms with Crippen molar-refractivity contribution < 1.29 is 18.0 Å². The number of unbranched alkanes of at least 4 members (excludes halogenated alkanes) is 1. The van der Waals surface area contributed by atoms with Crippen molar-refractivity contribution in [3.05, 3.63) is 98.5 Å². The van der Waals surface area contributed by atoms with Crippen LogP contribution in [-0.4, -0.2) is 50.5 Å². The number of nitrogens with zero attached hydrogens (tertiary/aromatic N) is 2. The molecule has 3 aromatic rings. The molecule has 7 nitrogen and oxygen atoms in total. The molecular formula is C30H34Cl3N3O4S. The topological polar surface area (TPSA) is 86.8 Å². The summed E-state index contributed by atoms with van der Waals surface area (Å²) < 4.78 is 26.8. The van der Waals surface area contributed by atoms with Crippen LogP contribution in [0.15, 0.2) is 66.7 Å². The molecule has 0 radical (unpaired) electrons. The third-order valence-corrected chi connectivity index (χ3v) is 8.63. The van der Waals surface area contributed by atoms with Gasteiger partial charge in [0.15, 0.2) is 0 Å². The summed E-state index contributed by atoms with van der Waals surface area (Å²) in [6.45, 7) is 3.91. The molecule has 0 unspecified atom stereocenters. The highest BCUT2D eigenvalue weighted by molar-refractivity contribution is 7.92. The van der Waals surface area contributed by atoms with Crippen LogP contribution in [-0.2, 0) is 32.6 Å². The summed E-state index contributed by atoms with van der Waals surface area (Å²) in [6.07, 6.45) is 2.89. The van der Waals surface area contributed by atoms with Gasteiger partial charge in [-0.3, -0.25) is 13.9 Å². The number of carbonyl (C=O) groups excluding carboxylic acids is 2. The highest BCUT2D eigenvalue weighted by atomic mass is 35.5. The number of nitrogens with one attached hydrogen (secondary N) is 1. The maximum absolute atomic E-state index is 14.1. The number of aryl methyl sites for hydroxylation is 1. The Bertz CT molecular complexity index is 1470. The molecule has 1 atom stereocenters. The molecule has 220 valence electrons. The molecule has 0 aliphatic rings. The van der Waals surface area contributed by atoms with Gasteiger partial charge in [0, 0.05) is 19.5 Å². The van der Waals surface area contributed by atoms with E-state index in [1.54, 1.807) is 0 Å². The zero-order valence-electron chi connectivity index (χ0n) is 23.2. The lowest BCUT2D eigenvalue weighted by atomic mass is 10.0. The molecule has 0 heterocycles. The number of benzene rings is 3. The van der Waals surface area contributed by atoms with E-state index >= 15 is 0 Å². The number of hydrogen-bond acceptors (Lipinski definition) is 4. The van der Waals surface area contributed by atoms with E-state index in [1.165, 1.54) is 17.0 Å². The van der Waals surface area contributed by atoms with Crippen LogP contribution in [0.4, 0.5) is 5.69 Å². The molecule has 0 bridgehead atoms. The molecule has 11 heteroatoms. The SMILES string of the molecule is CCCCNC(=O)[C@H](Cc1ccccc1)N(Cc1cccc(C)c1)C(=O)CN(c1cc(Cl)c(Cl)cc1Cl)S(C)(=O)=O.